The van der Waals surface area contributed by atoms with Crippen molar-refractivity contribution in [3.63, 3.8) is 0 Å². The van der Waals surface area contributed by atoms with Crippen molar-refractivity contribution in [3.8, 4) is 0 Å². The highest BCUT2D eigenvalue weighted by molar-refractivity contribution is 5.86. The number of hydrogen-bond donors (Lipinski definition) is 2. The standard InChI is InChI=1S/C21H32O3/c1-13(22)21(24)11-8-18-16-5-4-14-12-15(23)6-9-19(14,2)17(16)7-10-20(18,21)3/h4,15-18,23-24H,5-12H2,1-3H3/t15-,16+,17-,18-,19+,20+,21-/m1/s1. The summed E-state index contributed by atoms with van der Waals surface area (Å²) in [5.74, 6) is 1.65. The zero-order valence-corrected chi connectivity index (χ0v) is 15.3. The van der Waals surface area contributed by atoms with Gasteiger partial charge in [0.05, 0.1) is 6.10 Å². The minimum Gasteiger partial charge on any atom is -0.393 e. The Bertz CT molecular complexity index is 596. The van der Waals surface area contributed by atoms with Crippen molar-refractivity contribution in [1.82, 2.24) is 0 Å². The van der Waals surface area contributed by atoms with Crippen LogP contribution in [0.3, 0.4) is 0 Å². The van der Waals surface area contributed by atoms with Gasteiger partial charge in [-0.05, 0) is 81.5 Å². The number of rotatable bonds is 1. The molecule has 0 radical (unpaired) electrons. The fraction of sp³-hybridized carbons (Fsp3) is 0.857. The second kappa shape index (κ2) is 5.17. The number of aliphatic hydroxyl groups excluding tert-OH is 1. The van der Waals surface area contributed by atoms with Gasteiger partial charge >= 0.3 is 0 Å². The van der Waals surface area contributed by atoms with Crippen LogP contribution in [-0.2, 0) is 4.79 Å². The Morgan fingerprint density at radius 2 is 1.83 bits per heavy atom. The summed E-state index contributed by atoms with van der Waals surface area (Å²) >= 11 is 0. The lowest BCUT2D eigenvalue weighted by Gasteiger charge is -2.58. The van der Waals surface area contributed by atoms with Crippen LogP contribution in [0.1, 0.15) is 72.1 Å². The molecule has 3 saturated carbocycles. The molecule has 134 valence electrons. The van der Waals surface area contributed by atoms with Crippen LogP contribution in [0.2, 0.25) is 0 Å². The molecule has 0 unspecified atom stereocenters. The van der Waals surface area contributed by atoms with Gasteiger partial charge in [-0.3, -0.25) is 4.79 Å². The third-order valence-electron chi connectivity index (χ3n) is 8.81. The van der Waals surface area contributed by atoms with Crippen molar-refractivity contribution >= 4 is 5.78 Å². The topological polar surface area (TPSA) is 57.5 Å². The maximum atomic E-state index is 12.2. The number of Topliss-reactive ketones (excluding diaryl/α,β-unsaturated/α-hetero) is 1. The van der Waals surface area contributed by atoms with E-state index in [1.807, 2.05) is 0 Å². The van der Waals surface area contributed by atoms with Crippen molar-refractivity contribution in [2.45, 2.75) is 83.8 Å². The number of fused-ring (bicyclic) bond motifs is 5. The fourth-order valence-corrected chi connectivity index (χ4v) is 7.24. The van der Waals surface area contributed by atoms with Crippen LogP contribution in [0.4, 0.5) is 0 Å². The quantitative estimate of drug-likeness (QED) is 0.721. The minimum absolute atomic E-state index is 0.0370. The molecule has 7 atom stereocenters. The largest absolute Gasteiger partial charge is 0.393 e. The SMILES string of the molecule is CC(=O)[C@]1(O)CC[C@@H]2[C@H]3CC=C4C[C@H](O)CC[C@]4(C)[C@@H]3CC[C@@]21C. The Labute approximate surface area is 145 Å². The lowest BCUT2D eigenvalue weighted by Crippen LogP contribution is -2.56. The van der Waals surface area contributed by atoms with Crippen LogP contribution in [0, 0.1) is 28.6 Å². The van der Waals surface area contributed by atoms with Gasteiger partial charge in [-0.25, -0.2) is 0 Å². The summed E-state index contributed by atoms with van der Waals surface area (Å²) in [6, 6.07) is 0. The van der Waals surface area contributed by atoms with Crippen molar-refractivity contribution < 1.29 is 15.0 Å². The molecule has 4 aliphatic carbocycles. The number of carbonyl (C=O) groups is 1. The van der Waals surface area contributed by atoms with Crippen molar-refractivity contribution in [3.05, 3.63) is 11.6 Å². The van der Waals surface area contributed by atoms with Crippen LogP contribution < -0.4 is 0 Å². The second-order valence-corrected chi connectivity index (χ2v) is 9.57. The number of hydrogen-bond acceptors (Lipinski definition) is 3. The van der Waals surface area contributed by atoms with Gasteiger partial charge in [-0.1, -0.05) is 25.5 Å². The molecule has 24 heavy (non-hydrogen) atoms. The lowest BCUT2D eigenvalue weighted by molar-refractivity contribution is -0.159. The fourth-order valence-electron chi connectivity index (χ4n) is 7.24. The summed E-state index contributed by atoms with van der Waals surface area (Å²) in [4.78, 5) is 12.2. The maximum Gasteiger partial charge on any atom is 0.161 e. The molecule has 0 spiro atoms. The zero-order valence-electron chi connectivity index (χ0n) is 15.3. The van der Waals surface area contributed by atoms with E-state index in [9.17, 15) is 15.0 Å². The van der Waals surface area contributed by atoms with Crippen molar-refractivity contribution in [2.75, 3.05) is 0 Å². The Balaban J connectivity index is 1.69. The maximum absolute atomic E-state index is 12.2. The first-order valence-corrected chi connectivity index (χ1v) is 9.83. The molecule has 4 rings (SSSR count). The van der Waals surface area contributed by atoms with Gasteiger partial charge in [0.1, 0.15) is 5.60 Å². The van der Waals surface area contributed by atoms with E-state index in [0.717, 1.165) is 44.9 Å². The summed E-state index contributed by atoms with van der Waals surface area (Å²) in [5.41, 5.74) is 0.331. The third-order valence-corrected chi connectivity index (χ3v) is 8.81. The van der Waals surface area contributed by atoms with E-state index in [-0.39, 0.29) is 22.7 Å². The van der Waals surface area contributed by atoms with E-state index in [0.29, 0.717) is 24.2 Å². The second-order valence-electron chi connectivity index (χ2n) is 9.57. The smallest absolute Gasteiger partial charge is 0.161 e. The van der Waals surface area contributed by atoms with Gasteiger partial charge < -0.3 is 10.2 Å². The molecule has 0 aromatic rings. The molecule has 0 saturated heterocycles. The first-order chi connectivity index (χ1) is 11.2. The summed E-state index contributed by atoms with van der Waals surface area (Å²) < 4.78 is 0. The van der Waals surface area contributed by atoms with Crippen LogP contribution in [0.25, 0.3) is 0 Å². The van der Waals surface area contributed by atoms with Gasteiger partial charge in [-0.2, -0.15) is 0 Å². The summed E-state index contributed by atoms with van der Waals surface area (Å²) in [6.07, 6.45) is 9.84. The molecule has 4 aliphatic rings. The zero-order chi connectivity index (χ0) is 17.3. The Morgan fingerprint density at radius 3 is 2.54 bits per heavy atom. The third kappa shape index (κ3) is 1.94. The summed E-state index contributed by atoms with van der Waals surface area (Å²) in [7, 11) is 0. The molecule has 0 aromatic heterocycles. The van der Waals surface area contributed by atoms with Crippen LogP contribution >= 0.6 is 0 Å². The van der Waals surface area contributed by atoms with Gasteiger partial charge in [0, 0.05) is 5.41 Å². The van der Waals surface area contributed by atoms with Gasteiger partial charge in [-0.15, -0.1) is 0 Å². The molecule has 0 aliphatic heterocycles. The van der Waals surface area contributed by atoms with Gasteiger partial charge in [0.25, 0.3) is 0 Å². The average Bonchev–Trinajstić information content (AvgIpc) is 2.81. The van der Waals surface area contributed by atoms with Crippen LogP contribution in [0.5, 0.6) is 0 Å². The lowest BCUT2D eigenvalue weighted by atomic mass is 9.47. The highest BCUT2D eigenvalue weighted by Crippen LogP contribution is 2.67. The average molecular weight is 332 g/mol. The summed E-state index contributed by atoms with van der Waals surface area (Å²) in [5, 5.41) is 21.2. The van der Waals surface area contributed by atoms with E-state index in [2.05, 4.69) is 19.9 Å². The summed E-state index contributed by atoms with van der Waals surface area (Å²) in [6.45, 7) is 6.16. The Hall–Kier alpha value is -0.670. The molecule has 3 fully saturated rings. The molecule has 0 bridgehead atoms. The Kier molecular flexibility index (Phi) is 3.61. The highest BCUT2D eigenvalue weighted by atomic mass is 16.3. The number of allylic oxidation sites excluding steroid dienone is 1. The number of carbonyl (C=O) groups excluding carboxylic acids is 1. The molecule has 0 aromatic carbocycles. The molecule has 0 amide bonds. The molecule has 2 N–H and O–H groups in total. The number of aliphatic hydroxyl groups is 2. The van der Waals surface area contributed by atoms with Gasteiger partial charge in [0.2, 0.25) is 0 Å². The van der Waals surface area contributed by atoms with E-state index >= 15 is 0 Å². The van der Waals surface area contributed by atoms with E-state index < -0.39 is 5.60 Å². The molecule has 0 heterocycles. The molecule has 3 heteroatoms. The molecular formula is C21H32O3. The normalized spacial score (nSPS) is 53.6. The monoisotopic (exact) mass is 332 g/mol. The predicted molar refractivity (Wildman–Crippen MR) is 93.3 cm³/mol. The first-order valence-electron chi connectivity index (χ1n) is 9.83. The van der Waals surface area contributed by atoms with E-state index in [1.54, 1.807) is 6.92 Å². The molecule has 3 nitrogen and oxygen atoms in total. The number of ketones is 1. The Morgan fingerprint density at radius 1 is 1.12 bits per heavy atom. The van der Waals surface area contributed by atoms with Gasteiger partial charge in [0.15, 0.2) is 5.78 Å². The van der Waals surface area contributed by atoms with Crippen molar-refractivity contribution in [1.29, 1.82) is 0 Å². The van der Waals surface area contributed by atoms with Crippen LogP contribution in [-0.4, -0.2) is 27.7 Å². The highest BCUT2D eigenvalue weighted by Gasteiger charge is 2.65. The van der Waals surface area contributed by atoms with E-state index in [4.69, 9.17) is 0 Å². The predicted octanol–water partition coefficient (Wildman–Crippen LogP) is 3.63. The van der Waals surface area contributed by atoms with Crippen molar-refractivity contribution in [2.24, 2.45) is 28.6 Å². The van der Waals surface area contributed by atoms with Crippen LogP contribution in [0.15, 0.2) is 11.6 Å². The van der Waals surface area contributed by atoms with E-state index in [1.165, 1.54) is 5.57 Å². The minimum atomic E-state index is -1.11. The molecular weight excluding hydrogens is 300 g/mol. The first kappa shape index (κ1) is 16.8.